The number of nitriles is 1. The normalized spacial score (nSPS) is 14.3. The van der Waals surface area contributed by atoms with E-state index in [0.29, 0.717) is 11.6 Å². The van der Waals surface area contributed by atoms with Crippen LogP contribution in [0.4, 0.5) is 10.8 Å². The molecule has 148 valence electrons. The zero-order chi connectivity index (χ0) is 20.1. The first kappa shape index (κ1) is 19.4. The molecule has 3 aromatic rings. The Morgan fingerprint density at radius 3 is 2.79 bits per heavy atom. The molecule has 29 heavy (non-hydrogen) atoms. The van der Waals surface area contributed by atoms with Crippen molar-refractivity contribution in [1.29, 1.82) is 5.26 Å². The van der Waals surface area contributed by atoms with Crippen LogP contribution in [0.1, 0.15) is 43.4 Å². The molecule has 1 aliphatic rings. The third-order valence-electron chi connectivity index (χ3n) is 5.30. The first-order valence-electron chi connectivity index (χ1n) is 10.0. The Hall–Kier alpha value is -2.91. The second kappa shape index (κ2) is 9.06. The monoisotopic (exact) mass is 404 g/mol. The SMILES string of the molecule is Cc1cc(Nc2nc(-c3ccc(C#N)nc3)cs2)ccc1OCC1CCCCC1. The van der Waals surface area contributed by atoms with Crippen molar-refractivity contribution in [2.24, 2.45) is 5.92 Å². The molecule has 6 heteroatoms. The van der Waals surface area contributed by atoms with Gasteiger partial charge >= 0.3 is 0 Å². The Balaban J connectivity index is 1.38. The predicted octanol–water partition coefficient (Wildman–Crippen LogP) is 6.09. The van der Waals surface area contributed by atoms with Crippen molar-refractivity contribution in [2.45, 2.75) is 39.0 Å². The van der Waals surface area contributed by atoms with Gasteiger partial charge in [0.15, 0.2) is 5.13 Å². The number of aryl methyl sites for hydroxylation is 1. The Labute approximate surface area is 175 Å². The second-order valence-corrected chi connectivity index (χ2v) is 8.36. The van der Waals surface area contributed by atoms with Gasteiger partial charge < -0.3 is 10.1 Å². The number of thiazole rings is 1. The number of pyridine rings is 1. The van der Waals surface area contributed by atoms with Crippen molar-refractivity contribution in [3.8, 4) is 23.1 Å². The molecule has 2 heterocycles. The van der Waals surface area contributed by atoms with Crippen molar-refractivity contribution >= 4 is 22.2 Å². The molecule has 1 aromatic carbocycles. The maximum absolute atomic E-state index is 8.86. The zero-order valence-corrected chi connectivity index (χ0v) is 17.3. The first-order valence-corrected chi connectivity index (χ1v) is 10.9. The summed E-state index contributed by atoms with van der Waals surface area (Å²) >= 11 is 1.54. The average Bonchev–Trinajstić information content (AvgIpc) is 3.22. The van der Waals surface area contributed by atoms with Crippen molar-refractivity contribution < 1.29 is 4.74 Å². The highest BCUT2D eigenvalue weighted by Gasteiger charge is 2.14. The van der Waals surface area contributed by atoms with Crippen LogP contribution in [-0.4, -0.2) is 16.6 Å². The molecule has 1 aliphatic carbocycles. The fourth-order valence-corrected chi connectivity index (χ4v) is 4.39. The molecule has 4 rings (SSSR count). The number of nitrogens with zero attached hydrogens (tertiary/aromatic N) is 3. The number of benzene rings is 1. The summed E-state index contributed by atoms with van der Waals surface area (Å²) in [5.74, 6) is 1.66. The molecule has 1 saturated carbocycles. The summed E-state index contributed by atoms with van der Waals surface area (Å²) in [5, 5.41) is 15.0. The van der Waals surface area contributed by atoms with Gasteiger partial charge in [-0.2, -0.15) is 5.26 Å². The molecule has 0 amide bonds. The van der Waals surface area contributed by atoms with Crippen LogP contribution in [0.25, 0.3) is 11.3 Å². The van der Waals surface area contributed by atoms with E-state index in [1.54, 1.807) is 23.6 Å². The number of hydrogen-bond acceptors (Lipinski definition) is 6. The van der Waals surface area contributed by atoms with Gasteiger partial charge in [0, 0.05) is 22.8 Å². The average molecular weight is 405 g/mol. The van der Waals surface area contributed by atoms with Crippen molar-refractivity contribution in [3.05, 3.63) is 53.2 Å². The van der Waals surface area contributed by atoms with Gasteiger partial charge in [-0.05, 0) is 61.6 Å². The molecule has 0 radical (unpaired) electrons. The number of hydrogen-bond donors (Lipinski definition) is 1. The summed E-state index contributed by atoms with van der Waals surface area (Å²) in [7, 11) is 0. The van der Waals surface area contributed by atoms with Gasteiger partial charge in [0.2, 0.25) is 0 Å². The summed E-state index contributed by atoms with van der Waals surface area (Å²) in [6, 6.07) is 11.8. The van der Waals surface area contributed by atoms with Crippen LogP contribution in [0.5, 0.6) is 5.75 Å². The number of rotatable bonds is 6. The molecule has 2 aromatic heterocycles. The van der Waals surface area contributed by atoms with Gasteiger partial charge in [-0.25, -0.2) is 9.97 Å². The lowest BCUT2D eigenvalue weighted by atomic mass is 9.90. The van der Waals surface area contributed by atoms with E-state index in [-0.39, 0.29) is 0 Å². The summed E-state index contributed by atoms with van der Waals surface area (Å²) in [6.45, 7) is 2.90. The van der Waals surface area contributed by atoms with Crippen LogP contribution in [0.3, 0.4) is 0 Å². The van der Waals surface area contributed by atoms with E-state index >= 15 is 0 Å². The molecule has 0 atom stereocenters. The summed E-state index contributed by atoms with van der Waals surface area (Å²) in [5.41, 5.74) is 4.27. The Bertz CT molecular complexity index is 1000. The molecule has 0 saturated heterocycles. The lowest BCUT2D eigenvalue weighted by Gasteiger charge is -2.22. The fourth-order valence-electron chi connectivity index (χ4n) is 3.65. The minimum atomic E-state index is 0.406. The molecule has 5 nitrogen and oxygen atoms in total. The molecule has 1 fully saturated rings. The minimum Gasteiger partial charge on any atom is -0.493 e. The van der Waals surface area contributed by atoms with Crippen molar-refractivity contribution in [3.63, 3.8) is 0 Å². The number of anilines is 2. The lowest BCUT2D eigenvalue weighted by Crippen LogP contribution is -2.15. The number of ether oxygens (including phenoxy) is 1. The minimum absolute atomic E-state index is 0.406. The molecule has 0 unspecified atom stereocenters. The zero-order valence-electron chi connectivity index (χ0n) is 16.5. The molecule has 0 spiro atoms. The second-order valence-electron chi connectivity index (χ2n) is 7.50. The lowest BCUT2D eigenvalue weighted by molar-refractivity contribution is 0.208. The van der Waals surface area contributed by atoms with Crippen molar-refractivity contribution in [1.82, 2.24) is 9.97 Å². The fraction of sp³-hybridized carbons (Fsp3) is 0.348. The van der Waals surface area contributed by atoms with E-state index in [2.05, 4.69) is 28.3 Å². The van der Waals surface area contributed by atoms with E-state index in [0.717, 1.165) is 40.0 Å². The summed E-state index contributed by atoms with van der Waals surface area (Å²) in [4.78, 5) is 8.74. The third kappa shape index (κ3) is 4.93. The van der Waals surface area contributed by atoms with E-state index in [1.807, 2.05) is 29.6 Å². The van der Waals surface area contributed by atoms with E-state index < -0.39 is 0 Å². The Morgan fingerprint density at radius 1 is 1.21 bits per heavy atom. The third-order valence-corrected chi connectivity index (χ3v) is 6.06. The number of nitrogens with one attached hydrogen (secondary N) is 1. The van der Waals surface area contributed by atoms with Crippen LogP contribution < -0.4 is 10.1 Å². The van der Waals surface area contributed by atoms with Crippen LogP contribution >= 0.6 is 11.3 Å². The van der Waals surface area contributed by atoms with Crippen LogP contribution in [0, 0.1) is 24.2 Å². The van der Waals surface area contributed by atoms with Gasteiger partial charge in [-0.15, -0.1) is 11.3 Å². The van der Waals surface area contributed by atoms with E-state index in [4.69, 9.17) is 10.00 Å². The summed E-state index contributed by atoms with van der Waals surface area (Å²) in [6.07, 6.45) is 8.31. The quantitative estimate of drug-likeness (QED) is 0.538. The van der Waals surface area contributed by atoms with Crippen LogP contribution in [0.15, 0.2) is 41.9 Å². The molecule has 0 aliphatic heterocycles. The van der Waals surface area contributed by atoms with E-state index in [9.17, 15) is 0 Å². The molecular formula is C23H24N4OS. The smallest absolute Gasteiger partial charge is 0.187 e. The topological polar surface area (TPSA) is 70.8 Å². The molecule has 0 bridgehead atoms. The largest absolute Gasteiger partial charge is 0.493 e. The summed E-state index contributed by atoms with van der Waals surface area (Å²) < 4.78 is 6.09. The molecular weight excluding hydrogens is 380 g/mol. The highest BCUT2D eigenvalue weighted by molar-refractivity contribution is 7.14. The maximum Gasteiger partial charge on any atom is 0.187 e. The van der Waals surface area contributed by atoms with Gasteiger partial charge in [-0.1, -0.05) is 19.3 Å². The van der Waals surface area contributed by atoms with Gasteiger partial charge in [0.05, 0.1) is 12.3 Å². The van der Waals surface area contributed by atoms with Crippen molar-refractivity contribution in [2.75, 3.05) is 11.9 Å². The number of aromatic nitrogens is 2. The van der Waals surface area contributed by atoms with E-state index in [1.165, 1.54) is 32.1 Å². The molecule has 1 N–H and O–H groups in total. The standard InChI is InChI=1S/C23H24N4OS/c1-16-11-19(9-10-22(16)28-14-17-5-3-2-4-6-17)26-23-27-21(15-29-23)18-7-8-20(12-24)25-13-18/h7-11,13,15,17H,2-6,14H2,1H3,(H,26,27). The Morgan fingerprint density at radius 2 is 2.07 bits per heavy atom. The predicted molar refractivity (Wildman–Crippen MR) is 117 cm³/mol. The highest BCUT2D eigenvalue weighted by Crippen LogP contribution is 2.30. The maximum atomic E-state index is 8.86. The first-order chi connectivity index (χ1) is 14.2. The van der Waals surface area contributed by atoms with Gasteiger partial charge in [-0.3, -0.25) is 0 Å². The highest BCUT2D eigenvalue weighted by atomic mass is 32.1. The van der Waals surface area contributed by atoms with Gasteiger partial charge in [0.25, 0.3) is 0 Å². The van der Waals surface area contributed by atoms with Gasteiger partial charge in [0.1, 0.15) is 17.5 Å². The van der Waals surface area contributed by atoms with Crippen LogP contribution in [-0.2, 0) is 0 Å². The van der Waals surface area contributed by atoms with Crippen LogP contribution in [0.2, 0.25) is 0 Å². The Kier molecular flexibility index (Phi) is 6.06.